The van der Waals surface area contributed by atoms with E-state index in [0.29, 0.717) is 0 Å². The number of nitrogens with two attached hydrogens (primary N) is 1. The maximum Gasteiger partial charge on any atom is 0.102 e. The number of hydrogen-bond acceptors (Lipinski definition) is 2. The van der Waals surface area contributed by atoms with E-state index >= 15 is 0 Å². The van der Waals surface area contributed by atoms with Crippen LogP contribution in [-0.2, 0) is 0 Å². The number of hydrogen-bond donors (Lipinski definition) is 2. The van der Waals surface area contributed by atoms with Crippen molar-refractivity contribution < 1.29 is 5.11 Å². The zero-order chi connectivity index (χ0) is 8.69. The van der Waals surface area contributed by atoms with Crippen LogP contribution in [0.3, 0.4) is 0 Å². The second-order valence-corrected chi connectivity index (χ2v) is 3.60. The molecule has 2 nitrogen and oxygen atoms in total. The first-order chi connectivity index (χ1) is 5.13. The van der Waals surface area contributed by atoms with Gasteiger partial charge in [-0.1, -0.05) is 33.1 Å². The molecule has 68 valence electrons. The Morgan fingerprint density at radius 2 is 1.64 bits per heavy atom. The fourth-order valence-electron chi connectivity index (χ4n) is 1.08. The van der Waals surface area contributed by atoms with E-state index in [-0.39, 0.29) is 0 Å². The molecule has 1 atom stereocenters. The number of aliphatic hydroxyl groups is 1. The molecule has 0 bridgehead atoms. The second-order valence-electron chi connectivity index (χ2n) is 3.60. The van der Waals surface area contributed by atoms with Crippen molar-refractivity contribution in [2.24, 2.45) is 11.7 Å². The van der Waals surface area contributed by atoms with Crippen molar-refractivity contribution in [1.29, 1.82) is 0 Å². The van der Waals surface area contributed by atoms with Gasteiger partial charge in [0.25, 0.3) is 0 Å². The van der Waals surface area contributed by atoms with Crippen molar-refractivity contribution in [3.05, 3.63) is 0 Å². The monoisotopic (exact) mass is 159 g/mol. The van der Waals surface area contributed by atoms with Crippen LogP contribution in [0.15, 0.2) is 0 Å². The van der Waals surface area contributed by atoms with Gasteiger partial charge in [-0.15, -0.1) is 0 Å². The van der Waals surface area contributed by atoms with Gasteiger partial charge in [-0.2, -0.15) is 0 Å². The smallest absolute Gasteiger partial charge is 0.102 e. The lowest BCUT2D eigenvalue weighted by atomic mass is 10.0. The van der Waals surface area contributed by atoms with E-state index < -0.39 is 6.23 Å². The van der Waals surface area contributed by atoms with Gasteiger partial charge in [0.1, 0.15) is 6.23 Å². The fraction of sp³-hybridized carbons (Fsp3) is 1.00. The molecule has 0 aliphatic carbocycles. The average Bonchev–Trinajstić information content (AvgIpc) is 1.85. The summed E-state index contributed by atoms with van der Waals surface area (Å²) < 4.78 is 0. The Hall–Kier alpha value is -0.0800. The summed E-state index contributed by atoms with van der Waals surface area (Å²) in [5, 5.41) is 8.74. The van der Waals surface area contributed by atoms with Crippen LogP contribution in [0.2, 0.25) is 0 Å². The minimum Gasteiger partial charge on any atom is -0.379 e. The SMILES string of the molecule is CC(C)CCCCCC(N)O. The minimum absolute atomic E-state index is 0.603. The molecule has 2 heteroatoms. The van der Waals surface area contributed by atoms with Crippen molar-refractivity contribution in [1.82, 2.24) is 0 Å². The van der Waals surface area contributed by atoms with Crippen molar-refractivity contribution in [2.45, 2.75) is 52.2 Å². The molecule has 0 spiro atoms. The topological polar surface area (TPSA) is 46.2 Å². The van der Waals surface area contributed by atoms with Crippen molar-refractivity contribution in [3.8, 4) is 0 Å². The lowest BCUT2D eigenvalue weighted by molar-refractivity contribution is 0.168. The third kappa shape index (κ3) is 9.92. The molecule has 0 radical (unpaired) electrons. The van der Waals surface area contributed by atoms with E-state index in [2.05, 4.69) is 13.8 Å². The molecule has 0 rings (SSSR count). The largest absolute Gasteiger partial charge is 0.379 e. The summed E-state index contributed by atoms with van der Waals surface area (Å²) in [5.74, 6) is 0.804. The van der Waals surface area contributed by atoms with Gasteiger partial charge in [-0.05, 0) is 18.8 Å². The molecule has 1 unspecified atom stereocenters. The molecule has 0 aromatic carbocycles. The zero-order valence-corrected chi connectivity index (χ0v) is 7.71. The number of rotatable bonds is 6. The Labute approximate surface area is 69.8 Å². The van der Waals surface area contributed by atoms with Gasteiger partial charge in [0, 0.05) is 0 Å². The summed E-state index contributed by atoms with van der Waals surface area (Å²) in [7, 11) is 0. The summed E-state index contributed by atoms with van der Waals surface area (Å²) in [6.45, 7) is 4.47. The van der Waals surface area contributed by atoms with E-state index in [9.17, 15) is 0 Å². The molecule has 3 N–H and O–H groups in total. The maximum atomic E-state index is 8.74. The van der Waals surface area contributed by atoms with E-state index in [1.807, 2.05) is 0 Å². The molecule has 0 aromatic heterocycles. The van der Waals surface area contributed by atoms with E-state index in [0.717, 1.165) is 18.8 Å². The molecule has 0 saturated heterocycles. The van der Waals surface area contributed by atoms with Gasteiger partial charge in [0.15, 0.2) is 0 Å². The first-order valence-corrected chi connectivity index (χ1v) is 4.56. The molecule has 0 aliphatic rings. The molecule has 0 fully saturated rings. The first kappa shape index (κ1) is 10.9. The molecule has 0 saturated carbocycles. The predicted molar refractivity (Wildman–Crippen MR) is 48.1 cm³/mol. The van der Waals surface area contributed by atoms with Crippen molar-refractivity contribution >= 4 is 0 Å². The summed E-state index contributed by atoms with van der Waals surface area (Å²) in [5.41, 5.74) is 5.19. The summed E-state index contributed by atoms with van der Waals surface area (Å²) >= 11 is 0. The van der Waals surface area contributed by atoms with E-state index in [4.69, 9.17) is 10.8 Å². The van der Waals surface area contributed by atoms with Gasteiger partial charge < -0.3 is 10.8 Å². The summed E-state index contributed by atoms with van der Waals surface area (Å²) in [4.78, 5) is 0. The van der Waals surface area contributed by atoms with Gasteiger partial charge in [0.05, 0.1) is 0 Å². The Balaban J connectivity index is 2.91. The van der Waals surface area contributed by atoms with Crippen LogP contribution in [0, 0.1) is 5.92 Å². The number of unbranched alkanes of at least 4 members (excludes halogenated alkanes) is 2. The van der Waals surface area contributed by atoms with Gasteiger partial charge in [0.2, 0.25) is 0 Å². The van der Waals surface area contributed by atoms with Crippen LogP contribution in [0.25, 0.3) is 0 Å². The third-order valence-corrected chi connectivity index (χ3v) is 1.78. The highest BCUT2D eigenvalue weighted by molar-refractivity contribution is 4.49. The maximum absolute atomic E-state index is 8.74. The fourth-order valence-corrected chi connectivity index (χ4v) is 1.08. The molecule has 11 heavy (non-hydrogen) atoms. The highest BCUT2D eigenvalue weighted by Crippen LogP contribution is 2.09. The Morgan fingerprint density at radius 1 is 1.09 bits per heavy atom. The van der Waals surface area contributed by atoms with E-state index in [1.165, 1.54) is 19.3 Å². The van der Waals surface area contributed by atoms with Crippen molar-refractivity contribution in [3.63, 3.8) is 0 Å². The summed E-state index contributed by atoms with van der Waals surface area (Å²) in [6.07, 6.45) is 4.97. The summed E-state index contributed by atoms with van der Waals surface area (Å²) in [6, 6.07) is 0. The molecule has 0 aromatic rings. The molecular weight excluding hydrogens is 138 g/mol. The molecule has 0 heterocycles. The van der Waals surface area contributed by atoms with Gasteiger partial charge in [-0.3, -0.25) is 0 Å². The molecule has 0 aliphatic heterocycles. The first-order valence-electron chi connectivity index (χ1n) is 4.56. The Kier molecular flexibility index (Phi) is 6.57. The lowest BCUT2D eigenvalue weighted by Crippen LogP contribution is -2.17. The molecular formula is C9H21NO. The predicted octanol–water partition coefficient (Wildman–Crippen LogP) is 1.87. The van der Waals surface area contributed by atoms with Crippen molar-refractivity contribution in [2.75, 3.05) is 0 Å². The van der Waals surface area contributed by atoms with Gasteiger partial charge in [-0.25, -0.2) is 0 Å². The standard InChI is InChI=1S/C9H21NO/c1-8(2)6-4-3-5-7-9(10)11/h8-9,11H,3-7,10H2,1-2H3. The lowest BCUT2D eigenvalue weighted by Gasteiger charge is -2.05. The van der Waals surface area contributed by atoms with Crippen LogP contribution in [0.1, 0.15) is 46.0 Å². The van der Waals surface area contributed by atoms with Crippen LogP contribution < -0.4 is 5.73 Å². The van der Waals surface area contributed by atoms with Crippen LogP contribution in [-0.4, -0.2) is 11.3 Å². The highest BCUT2D eigenvalue weighted by Gasteiger charge is 1.96. The van der Waals surface area contributed by atoms with Gasteiger partial charge >= 0.3 is 0 Å². The van der Waals surface area contributed by atoms with Crippen LogP contribution in [0.4, 0.5) is 0 Å². The van der Waals surface area contributed by atoms with E-state index in [1.54, 1.807) is 0 Å². The Bertz CT molecular complexity index is 71.6. The second kappa shape index (κ2) is 6.62. The molecule has 0 amide bonds. The van der Waals surface area contributed by atoms with Crippen LogP contribution >= 0.6 is 0 Å². The average molecular weight is 159 g/mol. The third-order valence-electron chi connectivity index (χ3n) is 1.78. The number of aliphatic hydroxyl groups excluding tert-OH is 1. The van der Waals surface area contributed by atoms with Crippen LogP contribution in [0.5, 0.6) is 0 Å². The zero-order valence-electron chi connectivity index (χ0n) is 7.71. The highest BCUT2D eigenvalue weighted by atomic mass is 16.3. The Morgan fingerprint density at radius 3 is 2.09 bits per heavy atom. The quantitative estimate of drug-likeness (QED) is 0.459. The minimum atomic E-state index is -0.603. The normalized spacial score (nSPS) is 13.9.